The van der Waals surface area contributed by atoms with Crippen LogP contribution < -0.4 is 4.74 Å². The highest BCUT2D eigenvalue weighted by atomic mass is 16.5. The van der Waals surface area contributed by atoms with Crippen molar-refractivity contribution in [2.45, 2.75) is 25.7 Å². The number of para-hydroxylation sites is 1. The van der Waals surface area contributed by atoms with Crippen molar-refractivity contribution in [3.8, 4) is 5.75 Å². The molecular weight excluding hydrogens is 326 g/mol. The molecule has 3 aromatic rings. The number of amides is 1. The highest BCUT2D eigenvalue weighted by Gasteiger charge is 2.27. The van der Waals surface area contributed by atoms with Crippen LogP contribution in [0.15, 0.2) is 42.7 Å². The van der Waals surface area contributed by atoms with Crippen LogP contribution in [0.1, 0.15) is 40.4 Å². The Morgan fingerprint density at radius 2 is 2.08 bits per heavy atom. The second kappa shape index (κ2) is 6.83. The number of aryl methyl sites for hydroxylation is 1. The van der Waals surface area contributed by atoms with Crippen LogP contribution >= 0.6 is 0 Å². The van der Waals surface area contributed by atoms with Gasteiger partial charge in [0.15, 0.2) is 0 Å². The Kier molecular flexibility index (Phi) is 4.37. The number of ether oxygens (including phenoxy) is 1. The fourth-order valence-electron chi connectivity index (χ4n) is 3.87. The Bertz CT molecular complexity index is 906. The lowest BCUT2D eigenvalue weighted by atomic mass is 9.93. The molecule has 0 unspecified atom stereocenters. The molecule has 5 heteroatoms. The number of H-pyrrole nitrogens is 1. The van der Waals surface area contributed by atoms with Gasteiger partial charge >= 0.3 is 0 Å². The van der Waals surface area contributed by atoms with Crippen molar-refractivity contribution in [2.24, 2.45) is 0 Å². The zero-order valence-corrected chi connectivity index (χ0v) is 15.2. The number of aromatic nitrogens is 2. The van der Waals surface area contributed by atoms with Gasteiger partial charge in [-0.1, -0.05) is 12.1 Å². The largest absolute Gasteiger partial charge is 0.496 e. The fraction of sp³-hybridized carbons (Fsp3) is 0.333. The van der Waals surface area contributed by atoms with Gasteiger partial charge < -0.3 is 14.6 Å². The van der Waals surface area contributed by atoms with Crippen molar-refractivity contribution >= 4 is 16.8 Å². The molecule has 0 spiro atoms. The Morgan fingerprint density at radius 1 is 1.27 bits per heavy atom. The van der Waals surface area contributed by atoms with Gasteiger partial charge in [-0.05, 0) is 43.5 Å². The quantitative estimate of drug-likeness (QED) is 0.780. The highest BCUT2D eigenvalue weighted by molar-refractivity contribution is 5.97. The number of aromatic amines is 1. The Balaban J connectivity index is 1.48. The molecule has 0 aliphatic carbocycles. The predicted octanol–water partition coefficient (Wildman–Crippen LogP) is 3.90. The number of methoxy groups -OCH3 is 1. The van der Waals surface area contributed by atoms with E-state index >= 15 is 0 Å². The number of fused-ring (bicyclic) bond motifs is 1. The van der Waals surface area contributed by atoms with Gasteiger partial charge in [-0.2, -0.15) is 0 Å². The van der Waals surface area contributed by atoms with Crippen LogP contribution in [0.5, 0.6) is 5.75 Å². The summed E-state index contributed by atoms with van der Waals surface area (Å²) in [5.41, 5.74) is 4.01. The third-order valence-corrected chi connectivity index (χ3v) is 5.31. The zero-order valence-electron chi connectivity index (χ0n) is 15.2. The molecule has 26 heavy (non-hydrogen) atoms. The van der Waals surface area contributed by atoms with E-state index in [2.05, 4.69) is 16.0 Å². The standard InChI is InChI=1S/C21H23N3O2/c1-14-4-3-5-17(20(14)26-2)21(25)24-10-7-15(8-11-24)19-12-16-13-22-9-6-18(16)23-19/h3-6,9,12-13,15,23H,7-8,10-11H2,1-2H3. The molecular formula is C21H23N3O2. The molecule has 1 saturated heterocycles. The first-order valence-electron chi connectivity index (χ1n) is 9.03. The van der Waals surface area contributed by atoms with Gasteiger partial charge in [0, 0.05) is 48.0 Å². The number of hydrogen-bond donors (Lipinski definition) is 1. The monoisotopic (exact) mass is 349 g/mol. The van der Waals surface area contributed by atoms with Crippen molar-refractivity contribution in [1.29, 1.82) is 0 Å². The molecule has 1 fully saturated rings. The maximum absolute atomic E-state index is 12.9. The van der Waals surface area contributed by atoms with Crippen LogP contribution in [0.4, 0.5) is 0 Å². The molecule has 3 heterocycles. The minimum absolute atomic E-state index is 0.0600. The smallest absolute Gasteiger partial charge is 0.257 e. The minimum Gasteiger partial charge on any atom is -0.496 e. The molecule has 1 amide bonds. The van der Waals surface area contributed by atoms with Crippen LogP contribution in [-0.4, -0.2) is 41.0 Å². The lowest BCUT2D eigenvalue weighted by molar-refractivity contribution is 0.0708. The van der Waals surface area contributed by atoms with Crippen LogP contribution in [0.3, 0.4) is 0 Å². The summed E-state index contributed by atoms with van der Waals surface area (Å²) in [6.07, 6.45) is 5.61. The van der Waals surface area contributed by atoms with E-state index in [4.69, 9.17) is 4.74 Å². The summed E-state index contributed by atoms with van der Waals surface area (Å²) < 4.78 is 5.45. The van der Waals surface area contributed by atoms with Gasteiger partial charge in [0.05, 0.1) is 12.7 Å². The summed E-state index contributed by atoms with van der Waals surface area (Å²) >= 11 is 0. The number of hydrogen-bond acceptors (Lipinski definition) is 3. The average Bonchev–Trinajstić information content (AvgIpc) is 3.11. The number of benzene rings is 1. The zero-order chi connectivity index (χ0) is 18.1. The van der Waals surface area contributed by atoms with E-state index in [9.17, 15) is 4.79 Å². The molecule has 0 saturated carbocycles. The normalized spacial score (nSPS) is 15.4. The summed E-state index contributed by atoms with van der Waals surface area (Å²) in [7, 11) is 1.62. The van der Waals surface area contributed by atoms with Gasteiger partial charge in [-0.25, -0.2) is 0 Å². The molecule has 1 aromatic carbocycles. The molecule has 1 N–H and O–H groups in total. The van der Waals surface area contributed by atoms with Gasteiger partial charge in [-0.3, -0.25) is 9.78 Å². The number of rotatable bonds is 3. The molecule has 0 atom stereocenters. The SMILES string of the molecule is COc1c(C)cccc1C(=O)N1CCC(c2cc3cnccc3[nH]2)CC1. The summed E-state index contributed by atoms with van der Waals surface area (Å²) in [5, 5.41) is 1.14. The third-order valence-electron chi connectivity index (χ3n) is 5.31. The van der Waals surface area contributed by atoms with Gasteiger partial charge in [-0.15, -0.1) is 0 Å². The summed E-state index contributed by atoms with van der Waals surface area (Å²) in [4.78, 5) is 22.6. The first-order chi connectivity index (χ1) is 12.7. The number of nitrogens with one attached hydrogen (secondary N) is 1. The van der Waals surface area contributed by atoms with Crippen LogP contribution in [0.25, 0.3) is 10.9 Å². The number of likely N-dealkylation sites (tertiary alicyclic amines) is 1. The van der Waals surface area contributed by atoms with E-state index in [1.807, 2.05) is 42.3 Å². The Hall–Kier alpha value is -2.82. The van der Waals surface area contributed by atoms with E-state index in [1.165, 1.54) is 5.69 Å². The number of nitrogens with zero attached hydrogens (tertiary/aromatic N) is 2. The van der Waals surface area contributed by atoms with Crippen LogP contribution in [0.2, 0.25) is 0 Å². The number of pyridine rings is 1. The predicted molar refractivity (Wildman–Crippen MR) is 102 cm³/mol. The van der Waals surface area contributed by atoms with Crippen LogP contribution in [0, 0.1) is 6.92 Å². The topological polar surface area (TPSA) is 58.2 Å². The maximum atomic E-state index is 12.9. The summed E-state index contributed by atoms with van der Waals surface area (Å²) in [6, 6.07) is 9.92. The molecule has 4 rings (SSSR count). The van der Waals surface area contributed by atoms with Gasteiger partial charge in [0.1, 0.15) is 5.75 Å². The number of carbonyl (C=O) groups excluding carboxylic acids is 1. The van der Waals surface area contributed by atoms with Gasteiger partial charge in [0.25, 0.3) is 5.91 Å². The first kappa shape index (κ1) is 16.6. The van der Waals surface area contributed by atoms with E-state index in [0.717, 1.165) is 42.4 Å². The van der Waals surface area contributed by atoms with E-state index in [-0.39, 0.29) is 5.91 Å². The lowest BCUT2D eigenvalue weighted by Gasteiger charge is -2.32. The summed E-state index contributed by atoms with van der Waals surface area (Å²) in [5.74, 6) is 1.19. The molecule has 0 bridgehead atoms. The Labute approximate surface area is 153 Å². The molecule has 134 valence electrons. The van der Waals surface area contributed by atoms with Crippen molar-refractivity contribution in [1.82, 2.24) is 14.9 Å². The maximum Gasteiger partial charge on any atom is 0.257 e. The van der Waals surface area contributed by atoms with Crippen LogP contribution in [-0.2, 0) is 0 Å². The van der Waals surface area contributed by atoms with Crippen molar-refractivity contribution in [3.63, 3.8) is 0 Å². The molecule has 2 aromatic heterocycles. The number of carbonyl (C=O) groups is 1. The molecule has 5 nitrogen and oxygen atoms in total. The third kappa shape index (κ3) is 2.94. The molecule has 1 aliphatic heterocycles. The second-order valence-electron chi connectivity index (χ2n) is 6.91. The number of piperidine rings is 1. The van der Waals surface area contributed by atoms with Crippen molar-refractivity contribution in [3.05, 3.63) is 59.5 Å². The van der Waals surface area contributed by atoms with Gasteiger partial charge in [0.2, 0.25) is 0 Å². The van der Waals surface area contributed by atoms with Crippen molar-refractivity contribution in [2.75, 3.05) is 20.2 Å². The minimum atomic E-state index is 0.0600. The lowest BCUT2D eigenvalue weighted by Crippen LogP contribution is -2.38. The fourth-order valence-corrected chi connectivity index (χ4v) is 3.87. The highest BCUT2D eigenvalue weighted by Crippen LogP contribution is 2.31. The van der Waals surface area contributed by atoms with E-state index in [0.29, 0.717) is 17.2 Å². The Morgan fingerprint density at radius 3 is 2.81 bits per heavy atom. The van der Waals surface area contributed by atoms with E-state index in [1.54, 1.807) is 13.3 Å². The van der Waals surface area contributed by atoms with E-state index < -0.39 is 0 Å². The molecule has 0 radical (unpaired) electrons. The summed E-state index contributed by atoms with van der Waals surface area (Å²) in [6.45, 7) is 3.48. The first-order valence-corrected chi connectivity index (χ1v) is 9.03. The molecule has 1 aliphatic rings. The second-order valence-corrected chi connectivity index (χ2v) is 6.91. The average molecular weight is 349 g/mol. The van der Waals surface area contributed by atoms with Crippen molar-refractivity contribution < 1.29 is 9.53 Å².